The summed E-state index contributed by atoms with van der Waals surface area (Å²) in [6.07, 6.45) is 2.50. The molecule has 1 aliphatic heterocycles. The summed E-state index contributed by atoms with van der Waals surface area (Å²) in [5, 5.41) is 1.16. The van der Waals surface area contributed by atoms with E-state index in [9.17, 15) is 0 Å². The average Bonchev–Trinajstić information content (AvgIpc) is 2.82. The molecule has 1 atom stereocenters. The smallest absolute Gasteiger partial charge is 0.186 e. The second-order valence-electron chi connectivity index (χ2n) is 4.65. The normalized spacial score (nSPS) is 21.0. The van der Waals surface area contributed by atoms with Crippen LogP contribution in [0.3, 0.4) is 0 Å². The van der Waals surface area contributed by atoms with Gasteiger partial charge in [-0.1, -0.05) is 23.5 Å². The molecule has 0 bridgehead atoms. The summed E-state index contributed by atoms with van der Waals surface area (Å²) in [6, 6.07) is 8.34. The summed E-state index contributed by atoms with van der Waals surface area (Å²) in [4.78, 5) is 7.10. The van der Waals surface area contributed by atoms with Gasteiger partial charge in [-0.3, -0.25) is 0 Å². The molecule has 3 nitrogen and oxygen atoms in total. The van der Waals surface area contributed by atoms with Crippen LogP contribution in [0.2, 0.25) is 0 Å². The third-order valence-corrected chi connectivity index (χ3v) is 4.50. The van der Waals surface area contributed by atoms with Crippen molar-refractivity contribution >= 4 is 26.7 Å². The monoisotopic (exact) mass is 247 g/mol. The van der Waals surface area contributed by atoms with Gasteiger partial charge in [-0.05, 0) is 37.4 Å². The van der Waals surface area contributed by atoms with Crippen molar-refractivity contribution in [3.05, 3.63) is 24.3 Å². The number of aromatic nitrogens is 1. The van der Waals surface area contributed by atoms with E-state index in [2.05, 4.69) is 23.1 Å². The molecule has 0 radical (unpaired) electrons. The van der Waals surface area contributed by atoms with Crippen LogP contribution >= 0.6 is 11.3 Å². The minimum atomic E-state index is 0.635. The number of nitrogens with two attached hydrogens (primary N) is 1. The number of benzene rings is 1. The van der Waals surface area contributed by atoms with Crippen LogP contribution in [0.1, 0.15) is 12.8 Å². The highest BCUT2D eigenvalue weighted by Crippen LogP contribution is 2.31. The summed E-state index contributed by atoms with van der Waals surface area (Å²) < 4.78 is 1.28. The van der Waals surface area contributed by atoms with E-state index in [1.54, 1.807) is 11.3 Å². The Morgan fingerprint density at radius 1 is 1.41 bits per heavy atom. The first kappa shape index (κ1) is 11.0. The van der Waals surface area contributed by atoms with E-state index in [-0.39, 0.29) is 0 Å². The van der Waals surface area contributed by atoms with Crippen molar-refractivity contribution in [1.29, 1.82) is 0 Å². The average molecular weight is 247 g/mol. The molecule has 1 aromatic carbocycles. The van der Waals surface area contributed by atoms with Crippen molar-refractivity contribution < 1.29 is 0 Å². The number of thiazole rings is 1. The van der Waals surface area contributed by atoms with E-state index < -0.39 is 0 Å². The maximum Gasteiger partial charge on any atom is 0.186 e. The zero-order chi connectivity index (χ0) is 11.7. The number of hydrogen-bond donors (Lipinski definition) is 1. The first-order valence-corrected chi connectivity index (χ1v) is 6.99. The Bertz CT molecular complexity index is 475. The number of anilines is 1. The summed E-state index contributed by atoms with van der Waals surface area (Å²) in [5.41, 5.74) is 6.89. The van der Waals surface area contributed by atoms with Crippen molar-refractivity contribution in [3.8, 4) is 0 Å². The zero-order valence-electron chi connectivity index (χ0n) is 9.80. The number of para-hydroxylation sites is 1. The number of rotatable bonds is 2. The van der Waals surface area contributed by atoms with Crippen molar-refractivity contribution in [1.82, 2.24) is 4.98 Å². The molecular formula is C13H17N3S. The summed E-state index contributed by atoms with van der Waals surface area (Å²) in [5.74, 6) is 0.635. The second-order valence-corrected chi connectivity index (χ2v) is 5.66. The van der Waals surface area contributed by atoms with Crippen LogP contribution in [0, 0.1) is 5.92 Å². The first-order chi connectivity index (χ1) is 8.36. The van der Waals surface area contributed by atoms with Crippen LogP contribution in [0.5, 0.6) is 0 Å². The van der Waals surface area contributed by atoms with E-state index in [0.717, 1.165) is 30.3 Å². The van der Waals surface area contributed by atoms with Gasteiger partial charge in [-0.25, -0.2) is 4.98 Å². The lowest BCUT2D eigenvalue weighted by Crippen LogP contribution is -2.38. The van der Waals surface area contributed by atoms with E-state index >= 15 is 0 Å². The van der Waals surface area contributed by atoms with Gasteiger partial charge in [0.25, 0.3) is 0 Å². The molecule has 4 heteroatoms. The van der Waals surface area contributed by atoms with Crippen molar-refractivity contribution in [3.63, 3.8) is 0 Å². The zero-order valence-corrected chi connectivity index (χ0v) is 10.6. The molecule has 0 amide bonds. The largest absolute Gasteiger partial charge is 0.348 e. The lowest BCUT2D eigenvalue weighted by atomic mass is 9.99. The molecule has 90 valence electrons. The van der Waals surface area contributed by atoms with Crippen molar-refractivity contribution in [2.75, 3.05) is 24.5 Å². The van der Waals surface area contributed by atoms with Crippen molar-refractivity contribution in [2.45, 2.75) is 12.8 Å². The van der Waals surface area contributed by atoms with Crippen LogP contribution in [-0.4, -0.2) is 24.6 Å². The molecule has 2 aromatic rings. The maximum atomic E-state index is 5.77. The van der Waals surface area contributed by atoms with Crippen LogP contribution in [-0.2, 0) is 0 Å². The summed E-state index contributed by atoms with van der Waals surface area (Å²) in [6.45, 7) is 2.98. The van der Waals surface area contributed by atoms with E-state index in [0.29, 0.717) is 5.92 Å². The topological polar surface area (TPSA) is 42.1 Å². The van der Waals surface area contributed by atoms with E-state index in [1.807, 2.05) is 6.07 Å². The molecule has 1 aromatic heterocycles. The fraction of sp³-hybridized carbons (Fsp3) is 0.462. The van der Waals surface area contributed by atoms with Crippen LogP contribution in [0.15, 0.2) is 24.3 Å². The minimum absolute atomic E-state index is 0.635. The van der Waals surface area contributed by atoms with Gasteiger partial charge in [0.2, 0.25) is 0 Å². The molecule has 2 N–H and O–H groups in total. The Morgan fingerprint density at radius 3 is 3.12 bits per heavy atom. The highest BCUT2D eigenvalue weighted by atomic mass is 32.1. The maximum absolute atomic E-state index is 5.77. The SMILES string of the molecule is NCC1CCCN(c2nc3ccccc3s2)C1. The third-order valence-electron chi connectivity index (χ3n) is 3.41. The number of hydrogen-bond acceptors (Lipinski definition) is 4. The Morgan fingerprint density at radius 2 is 2.29 bits per heavy atom. The van der Waals surface area contributed by atoms with Gasteiger partial charge in [0.15, 0.2) is 5.13 Å². The Balaban J connectivity index is 1.87. The lowest BCUT2D eigenvalue weighted by Gasteiger charge is -2.31. The highest BCUT2D eigenvalue weighted by Gasteiger charge is 2.21. The number of fused-ring (bicyclic) bond motifs is 1. The second kappa shape index (κ2) is 4.63. The minimum Gasteiger partial charge on any atom is -0.348 e. The van der Waals surface area contributed by atoms with Gasteiger partial charge in [-0.15, -0.1) is 0 Å². The van der Waals surface area contributed by atoms with Crippen LogP contribution < -0.4 is 10.6 Å². The number of piperidine rings is 1. The van der Waals surface area contributed by atoms with Crippen molar-refractivity contribution in [2.24, 2.45) is 11.7 Å². The van der Waals surface area contributed by atoms with Gasteiger partial charge in [-0.2, -0.15) is 0 Å². The predicted molar refractivity (Wildman–Crippen MR) is 73.6 cm³/mol. The standard InChI is InChI=1S/C13H17N3S/c14-8-10-4-3-7-16(9-10)13-15-11-5-1-2-6-12(11)17-13/h1-2,5-6,10H,3-4,7-9,14H2. The third kappa shape index (κ3) is 2.15. The van der Waals surface area contributed by atoms with Gasteiger partial charge in [0, 0.05) is 13.1 Å². The molecule has 0 aliphatic carbocycles. The fourth-order valence-corrected chi connectivity index (χ4v) is 3.43. The molecule has 1 saturated heterocycles. The van der Waals surface area contributed by atoms with Gasteiger partial charge >= 0.3 is 0 Å². The van der Waals surface area contributed by atoms with Crippen LogP contribution in [0.25, 0.3) is 10.2 Å². The first-order valence-electron chi connectivity index (χ1n) is 6.17. The van der Waals surface area contributed by atoms with E-state index in [4.69, 9.17) is 10.7 Å². The molecule has 2 heterocycles. The number of nitrogens with zero attached hydrogens (tertiary/aromatic N) is 2. The van der Waals surface area contributed by atoms with Gasteiger partial charge in [0.1, 0.15) is 0 Å². The Kier molecular flexibility index (Phi) is 2.99. The molecule has 1 aliphatic rings. The Hall–Kier alpha value is -1.13. The lowest BCUT2D eigenvalue weighted by molar-refractivity contribution is 0.423. The van der Waals surface area contributed by atoms with Crippen LogP contribution in [0.4, 0.5) is 5.13 Å². The summed E-state index contributed by atoms with van der Waals surface area (Å²) in [7, 11) is 0. The molecule has 3 rings (SSSR count). The molecule has 0 saturated carbocycles. The van der Waals surface area contributed by atoms with Gasteiger partial charge < -0.3 is 10.6 Å². The Labute approximate surface area is 105 Å². The summed E-state index contributed by atoms with van der Waals surface area (Å²) >= 11 is 1.79. The quantitative estimate of drug-likeness (QED) is 0.886. The highest BCUT2D eigenvalue weighted by molar-refractivity contribution is 7.22. The fourth-order valence-electron chi connectivity index (χ4n) is 2.43. The molecule has 0 spiro atoms. The molecular weight excluding hydrogens is 230 g/mol. The van der Waals surface area contributed by atoms with E-state index in [1.165, 1.54) is 17.5 Å². The molecule has 1 unspecified atom stereocenters. The molecule has 17 heavy (non-hydrogen) atoms. The molecule has 1 fully saturated rings. The predicted octanol–water partition coefficient (Wildman–Crippen LogP) is 2.47. The van der Waals surface area contributed by atoms with Gasteiger partial charge in [0.05, 0.1) is 10.2 Å².